The summed E-state index contributed by atoms with van der Waals surface area (Å²) in [7, 11) is 0. The Labute approximate surface area is 163 Å². The summed E-state index contributed by atoms with van der Waals surface area (Å²) < 4.78 is 10.2. The molecule has 0 saturated heterocycles. The number of hydrogen-bond acceptors (Lipinski definition) is 8. The number of aromatic nitrogens is 3. The van der Waals surface area contributed by atoms with Crippen molar-refractivity contribution in [3.63, 3.8) is 0 Å². The van der Waals surface area contributed by atoms with Crippen molar-refractivity contribution in [3.8, 4) is 11.4 Å². The van der Waals surface area contributed by atoms with Crippen molar-refractivity contribution >= 4 is 17.5 Å². The van der Waals surface area contributed by atoms with Crippen LogP contribution in [0.5, 0.6) is 0 Å². The van der Waals surface area contributed by atoms with Gasteiger partial charge in [-0.2, -0.15) is 4.98 Å². The number of hydrogen-bond donors (Lipinski definition) is 1. The summed E-state index contributed by atoms with van der Waals surface area (Å²) in [6.45, 7) is 0. The molecule has 4 aromatic rings. The highest BCUT2D eigenvalue weighted by atomic mass is 16.6. The van der Waals surface area contributed by atoms with E-state index in [0.29, 0.717) is 17.4 Å². The van der Waals surface area contributed by atoms with E-state index < -0.39 is 16.7 Å². The Morgan fingerprint density at radius 3 is 2.76 bits per heavy atom. The molecule has 0 spiro atoms. The van der Waals surface area contributed by atoms with Crippen molar-refractivity contribution in [3.05, 3.63) is 88.3 Å². The molecule has 10 heteroatoms. The lowest BCUT2D eigenvalue weighted by molar-refractivity contribution is -0.402. The molecule has 1 N–H and O–H groups in total. The smallest absolute Gasteiger partial charge is 0.395 e. The normalized spacial score (nSPS) is 10.6. The summed E-state index contributed by atoms with van der Waals surface area (Å²) in [4.78, 5) is 30.7. The molecule has 0 radical (unpaired) electrons. The van der Waals surface area contributed by atoms with Crippen LogP contribution in [-0.4, -0.2) is 26.0 Å². The number of carbonyl (C=O) groups excluding carboxylic acids is 1. The second kappa shape index (κ2) is 7.72. The maximum atomic E-state index is 12.4. The molecule has 144 valence electrons. The van der Waals surface area contributed by atoms with Crippen LogP contribution < -0.4 is 5.32 Å². The van der Waals surface area contributed by atoms with E-state index in [-0.39, 0.29) is 12.2 Å². The number of para-hydroxylation sites is 1. The highest BCUT2D eigenvalue weighted by molar-refractivity contribution is 6.02. The zero-order valence-electron chi connectivity index (χ0n) is 14.8. The average Bonchev–Trinajstić information content (AvgIpc) is 3.40. The van der Waals surface area contributed by atoms with Crippen molar-refractivity contribution in [2.75, 3.05) is 5.32 Å². The number of rotatable bonds is 6. The van der Waals surface area contributed by atoms with E-state index in [9.17, 15) is 14.9 Å². The van der Waals surface area contributed by atoms with Gasteiger partial charge in [-0.1, -0.05) is 23.4 Å². The van der Waals surface area contributed by atoms with E-state index in [0.717, 1.165) is 17.2 Å². The molecule has 0 saturated carbocycles. The van der Waals surface area contributed by atoms with Gasteiger partial charge in [0.05, 0.1) is 12.5 Å². The molecular formula is C19H13N5O5. The minimum Gasteiger partial charge on any atom is -0.395 e. The summed E-state index contributed by atoms with van der Waals surface area (Å²) in [5, 5.41) is 17.3. The lowest BCUT2D eigenvalue weighted by Gasteiger charge is -2.08. The van der Waals surface area contributed by atoms with Gasteiger partial charge < -0.3 is 14.3 Å². The molecule has 0 unspecified atom stereocenters. The molecule has 1 amide bonds. The number of nitro groups is 1. The molecule has 3 aromatic heterocycles. The van der Waals surface area contributed by atoms with Crippen molar-refractivity contribution in [2.45, 2.75) is 6.42 Å². The van der Waals surface area contributed by atoms with Crippen molar-refractivity contribution in [1.29, 1.82) is 0 Å². The summed E-state index contributed by atoms with van der Waals surface area (Å²) in [6, 6.07) is 13.0. The van der Waals surface area contributed by atoms with Crippen molar-refractivity contribution in [1.82, 2.24) is 15.1 Å². The number of furan rings is 1. The van der Waals surface area contributed by atoms with E-state index in [1.165, 1.54) is 6.07 Å². The van der Waals surface area contributed by atoms with Gasteiger partial charge in [-0.25, -0.2) is 0 Å². The number of anilines is 1. The molecule has 0 aliphatic carbocycles. The molecule has 0 aliphatic heterocycles. The van der Waals surface area contributed by atoms with Crippen LogP contribution in [0, 0.1) is 10.1 Å². The third kappa shape index (κ3) is 4.00. The van der Waals surface area contributed by atoms with Gasteiger partial charge >= 0.3 is 5.88 Å². The third-order valence-electron chi connectivity index (χ3n) is 3.99. The molecule has 0 atom stereocenters. The second-order valence-corrected chi connectivity index (χ2v) is 5.94. The van der Waals surface area contributed by atoms with Crippen LogP contribution in [0.2, 0.25) is 0 Å². The highest BCUT2D eigenvalue weighted by Crippen LogP contribution is 2.22. The summed E-state index contributed by atoms with van der Waals surface area (Å²) >= 11 is 0. The summed E-state index contributed by atoms with van der Waals surface area (Å²) in [5.74, 6) is -0.496. The fourth-order valence-corrected chi connectivity index (χ4v) is 2.63. The van der Waals surface area contributed by atoms with Gasteiger partial charge in [-0.05, 0) is 29.8 Å². The number of benzene rings is 1. The number of carbonyl (C=O) groups is 1. The fraction of sp³-hybridized carbons (Fsp3) is 0.0526. The zero-order valence-corrected chi connectivity index (χ0v) is 14.8. The minimum absolute atomic E-state index is 0.164. The van der Waals surface area contributed by atoms with Crippen LogP contribution >= 0.6 is 0 Å². The molecule has 0 bridgehead atoms. The zero-order chi connectivity index (χ0) is 20.2. The monoisotopic (exact) mass is 391 g/mol. The Balaban J connectivity index is 1.52. The van der Waals surface area contributed by atoms with Gasteiger partial charge in [0.1, 0.15) is 4.92 Å². The van der Waals surface area contributed by atoms with E-state index in [1.54, 1.807) is 42.7 Å². The van der Waals surface area contributed by atoms with Gasteiger partial charge in [0, 0.05) is 23.6 Å². The van der Waals surface area contributed by atoms with E-state index in [1.807, 2.05) is 6.07 Å². The largest absolute Gasteiger partial charge is 0.433 e. The van der Waals surface area contributed by atoms with E-state index in [2.05, 4.69) is 20.4 Å². The topological polar surface area (TPSA) is 137 Å². The maximum absolute atomic E-state index is 12.4. The van der Waals surface area contributed by atoms with Crippen molar-refractivity contribution in [2.24, 2.45) is 0 Å². The predicted octanol–water partition coefficient (Wildman–Crippen LogP) is 3.48. The molecule has 1 aromatic carbocycles. The standard InChI is InChI=1S/C19H13N5O5/c25-19(15-7-8-17(28-15)24(26)27)21-14-6-2-1-4-12(14)10-16-22-18(23-29-16)13-5-3-9-20-11-13/h1-9,11H,10H2,(H,21,25). The molecule has 0 fully saturated rings. The Morgan fingerprint density at radius 2 is 2.00 bits per heavy atom. The Morgan fingerprint density at radius 1 is 1.14 bits per heavy atom. The van der Waals surface area contributed by atoms with Gasteiger partial charge in [0.25, 0.3) is 5.91 Å². The van der Waals surface area contributed by atoms with Gasteiger partial charge in [0.15, 0.2) is 5.76 Å². The first-order valence-corrected chi connectivity index (χ1v) is 8.46. The molecule has 4 rings (SSSR count). The summed E-state index contributed by atoms with van der Waals surface area (Å²) in [6.07, 6.45) is 3.56. The number of amides is 1. The SMILES string of the molecule is O=C(Nc1ccccc1Cc1nc(-c2cccnc2)no1)c1ccc([N+](=O)[O-])o1. The van der Waals surface area contributed by atoms with Gasteiger partial charge in [-0.15, -0.1) is 0 Å². The lowest BCUT2D eigenvalue weighted by Crippen LogP contribution is -2.12. The average molecular weight is 391 g/mol. The van der Waals surface area contributed by atoms with Crippen LogP contribution in [0.4, 0.5) is 11.6 Å². The van der Waals surface area contributed by atoms with Crippen molar-refractivity contribution < 1.29 is 18.7 Å². The lowest BCUT2D eigenvalue weighted by atomic mass is 10.1. The molecule has 0 aliphatic rings. The van der Waals surface area contributed by atoms with Crippen LogP contribution in [-0.2, 0) is 6.42 Å². The molecule has 10 nitrogen and oxygen atoms in total. The number of pyridine rings is 1. The van der Waals surface area contributed by atoms with Crippen LogP contribution in [0.15, 0.2) is 69.9 Å². The van der Waals surface area contributed by atoms with Crippen LogP contribution in [0.3, 0.4) is 0 Å². The quantitative estimate of drug-likeness (QED) is 0.389. The van der Waals surface area contributed by atoms with Gasteiger partial charge in [0.2, 0.25) is 11.7 Å². The Bertz CT molecular complexity index is 1170. The van der Waals surface area contributed by atoms with Gasteiger partial charge in [-0.3, -0.25) is 19.9 Å². The second-order valence-electron chi connectivity index (χ2n) is 5.94. The predicted molar refractivity (Wildman–Crippen MR) is 100 cm³/mol. The van der Waals surface area contributed by atoms with Crippen LogP contribution in [0.25, 0.3) is 11.4 Å². The fourth-order valence-electron chi connectivity index (χ4n) is 2.63. The first-order chi connectivity index (χ1) is 14.1. The van der Waals surface area contributed by atoms with Crippen LogP contribution in [0.1, 0.15) is 22.0 Å². The first kappa shape index (κ1) is 18.0. The third-order valence-corrected chi connectivity index (χ3v) is 3.99. The molecular weight excluding hydrogens is 378 g/mol. The Hall–Kier alpha value is -4.34. The first-order valence-electron chi connectivity index (χ1n) is 8.46. The van der Waals surface area contributed by atoms with E-state index in [4.69, 9.17) is 8.94 Å². The maximum Gasteiger partial charge on any atom is 0.433 e. The minimum atomic E-state index is -0.708. The number of nitrogens with zero attached hydrogens (tertiary/aromatic N) is 4. The molecule has 3 heterocycles. The highest BCUT2D eigenvalue weighted by Gasteiger charge is 2.19. The van der Waals surface area contributed by atoms with E-state index >= 15 is 0 Å². The number of nitrogens with one attached hydrogen (secondary N) is 1. The summed E-state index contributed by atoms with van der Waals surface area (Å²) in [5.41, 5.74) is 1.95. The molecule has 29 heavy (non-hydrogen) atoms. The Kier molecular flexibility index (Phi) is 4.81.